The molecule has 1 aliphatic heterocycles. The van der Waals surface area contributed by atoms with E-state index in [1.807, 2.05) is 17.8 Å². The number of rotatable bonds is 1. The Labute approximate surface area is 129 Å². The van der Waals surface area contributed by atoms with Crippen molar-refractivity contribution in [3.05, 3.63) is 46.4 Å². The van der Waals surface area contributed by atoms with E-state index in [1.165, 1.54) is 32.6 Å². The fourth-order valence-electron chi connectivity index (χ4n) is 2.71. The Kier molecular flexibility index (Phi) is 2.82. The van der Waals surface area contributed by atoms with Crippen molar-refractivity contribution in [1.82, 2.24) is 4.98 Å². The number of halogens is 1. The second kappa shape index (κ2) is 4.57. The van der Waals surface area contributed by atoms with Gasteiger partial charge >= 0.3 is 0 Å². The molecule has 0 saturated heterocycles. The Morgan fingerprint density at radius 3 is 2.95 bits per heavy atom. The fraction of sp³-hybridized carbons (Fsp3) is 0.125. The van der Waals surface area contributed by atoms with Gasteiger partial charge in [-0.05, 0) is 35.9 Å². The number of methoxy groups -OCH3 is 1. The summed E-state index contributed by atoms with van der Waals surface area (Å²) in [5, 5.41) is 1.26. The first-order valence-electron chi connectivity index (χ1n) is 6.37. The van der Waals surface area contributed by atoms with Gasteiger partial charge in [0.15, 0.2) is 0 Å². The van der Waals surface area contributed by atoms with Crippen LogP contribution in [-0.4, -0.2) is 12.1 Å². The average molecular weight is 346 g/mol. The molecule has 0 atom stereocenters. The first-order valence-corrected chi connectivity index (χ1v) is 8.15. The van der Waals surface area contributed by atoms with E-state index in [4.69, 9.17) is 4.74 Å². The summed E-state index contributed by atoms with van der Waals surface area (Å²) >= 11 is 5.43. The molecule has 2 aromatic carbocycles. The normalized spacial score (nSPS) is 13.1. The maximum absolute atomic E-state index is 5.34. The first-order chi connectivity index (χ1) is 9.76. The summed E-state index contributed by atoms with van der Waals surface area (Å²) in [6.07, 6.45) is 0. The molecule has 3 aromatic rings. The van der Waals surface area contributed by atoms with Gasteiger partial charge in [0, 0.05) is 31.6 Å². The highest BCUT2D eigenvalue weighted by molar-refractivity contribution is 9.10. The molecule has 0 fully saturated rings. The Morgan fingerprint density at radius 2 is 2.10 bits per heavy atom. The topological polar surface area (TPSA) is 25.0 Å². The highest BCUT2D eigenvalue weighted by atomic mass is 79.9. The van der Waals surface area contributed by atoms with E-state index in [2.05, 4.69) is 51.2 Å². The maximum atomic E-state index is 5.34. The standard InChI is InChI=1S/C16H12BrNOS/c1-19-10-3-5-14-12(7-10)13-8-20-15-6-9(17)2-4-11(15)16(13)18-14/h2-7,18H,8H2,1H3. The van der Waals surface area contributed by atoms with E-state index in [9.17, 15) is 0 Å². The molecule has 0 amide bonds. The minimum Gasteiger partial charge on any atom is -0.497 e. The zero-order valence-electron chi connectivity index (χ0n) is 10.9. The lowest BCUT2D eigenvalue weighted by Crippen LogP contribution is -1.94. The molecule has 0 unspecified atom stereocenters. The predicted molar refractivity (Wildman–Crippen MR) is 87.5 cm³/mol. The van der Waals surface area contributed by atoms with E-state index in [0.29, 0.717) is 0 Å². The lowest BCUT2D eigenvalue weighted by atomic mass is 10.1. The summed E-state index contributed by atoms with van der Waals surface area (Å²) < 4.78 is 6.47. The van der Waals surface area contributed by atoms with Crippen LogP contribution in [0.3, 0.4) is 0 Å². The van der Waals surface area contributed by atoms with Crippen molar-refractivity contribution in [2.45, 2.75) is 10.6 Å². The van der Waals surface area contributed by atoms with E-state index < -0.39 is 0 Å². The van der Waals surface area contributed by atoms with Gasteiger partial charge in [-0.15, -0.1) is 11.8 Å². The fourth-order valence-corrected chi connectivity index (χ4v) is 4.35. The molecule has 0 radical (unpaired) electrons. The maximum Gasteiger partial charge on any atom is 0.119 e. The second-order valence-electron chi connectivity index (χ2n) is 4.82. The van der Waals surface area contributed by atoms with Crippen LogP contribution in [0.25, 0.3) is 22.2 Å². The monoisotopic (exact) mass is 345 g/mol. The van der Waals surface area contributed by atoms with Crippen LogP contribution in [0.4, 0.5) is 0 Å². The summed E-state index contributed by atoms with van der Waals surface area (Å²) in [5.41, 5.74) is 5.08. The van der Waals surface area contributed by atoms with Crippen LogP contribution in [0, 0.1) is 0 Å². The number of fused-ring (bicyclic) bond motifs is 5. The molecule has 4 heteroatoms. The first kappa shape index (κ1) is 12.4. The van der Waals surface area contributed by atoms with Gasteiger partial charge in [0.05, 0.1) is 12.8 Å². The molecule has 100 valence electrons. The molecule has 1 N–H and O–H groups in total. The largest absolute Gasteiger partial charge is 0.497 e. The summed E-state index contributed by atoms with van der Waals surface area (Å²) in [6.45, 7) is 0. The number of benzene rings is 2. The predicted octanol–water partition coefficient (Wildman–Crippen LogP) is 5.21. The van der Waals surface area contributed by atoms with Crippen molar-refractivity contribution in [3.8, 4) is 17.0 Å². The highest BCUT2D eigenvalue weighted by Crippen LogP contribution is 2.45. The summed E-state index contributed by atoms with van der Waals surface area (Å²) in [4.78, 5) is 4.88. The second-order valence-corrected chi connectivity index (χ2v) is 6.75. The molecule has 0 spiro atoms. The summed E-state index contributed by atoms with van der Waals surface area (Å²) in [7, 11) is 1.71. The van der Waals surface area contributed by atoms with Gasteiger partial charge in [-0.1, -0.05) is 22.0 Å². The van der Waals surface area contributed by atoms with Crippen LogP contribution in [-0.2, 0) is 5.75 Å². The summed E-state index contributed by atoms with van der Waals surface area (Å²) in [5.74, 6) is 1.90. The van der Waals surface area contributed by atoms with Crippen LogP contribution in [0.15, 0.2) is 45.8 Å². The van der Waals surface area contributed by atoms with Crippen LogP contribution in [0.2, 0.25) is 0 Å². The van der Waals surface area contributed by atoms with Crippen molar-refractivity contribution >= 4 is 38.6 Å². The number of aromatic amines is 1. The van der Waals surface area contributed by atoms with Gasteiger partial charge in [0.25, 0.3) is 0 Å². The van der Waals surface area contributed by atoms with Crippen molar-refractivity contribution < 1.29 is 4.74 Å². The molecular formula is C16H12BrNOS. The third-order valence-corrected chi connectivity index (χ3v) is 5.27. The van der Waals surface area contributed by atoms with E-state index in [1.54, 1.807) is 7.11 Å². The molecule has 2 nitrogen and oxygen atoms in total. The van der Waals surface area contributed by atoms with E-state index in [0.717, 1.165) is 16.0 Å². The molecule has 0 aliphatic carbocycles. The molecule has 0 saturated carbocycles. The quantitative estimate of drug-likeness (QED) is 0.654. The molecule has 20 heavy (non-hydrogen) atoms. The number of ether oxygens (including phenoxy) is 1. The van der Waals surface area contributed by atoms with Gasteiger partial charge in [0.2, 0.25) is 0 Å². The van der Waals surface area contributed by atoms with Crippen molar-refractivity contribution in [3.63, 3.8) is 0 Å². The van der Waals surface area contributed by atoms with Gasteiger partial charge in [-0.3, -0.25) is 0 Å². The van der Waals surface area contributed by atoms with Crippen molar-refractivity contribution in [2.75, 3.05) is 7.11 Å². The van der Waals surface area contributed by atoms with Crippen LogP contribution >= 0.6 is 27.7 Å². The van der Waals surface area contributed by atoms with Crippen molar-refractivity contribution in [2.24, 2.45) is 0 Å². The highest BCUT2D eigenvalue weighted by Gasteiger charge is 2.21. The SMILES string of the molecule is COc1ccc2[nH]c3c(c2c1)CSc1cc(Br)ccc1-3. The van der Waals surface area contributed by atoms with Gasteiger partial charge in [-0.2, -0.15) is 0 Å². The Bertz CT molecular complexity index is 825. The van der Waals surface area contributed by atoms with E-state index >= 15 is 0 Å². The van der Waals surface area contributed by atoms with Gasteiger partial charge in [-0.25, -0.2) is 0 Å². The van der Waals surface area contributed by atoms with Crippen molar-refractivity contribution in [1.29, 1.82) is 0 Å². The van der Waals surface area contributed by atoms with Gasteiger partial charge in [0.1, 0.15) is 5.75 Å². The molecule has 1 aliphatic rings. The molecule has 0 bridgehead atoms. The third-order valence-electron chi connectivity index (χ3n) is 3.70. The molecule has 2 heterocycles. The average Bonchev–Trinajstić information content (AvgIpc) is 2.84. The molecule has 4 rings (SSSR count). The van der Waals surface area contributed by atoms with E-state index in [-0.39, 0.29) is 0 Å². The minimum absolute atomic E-state index is 0.908. The Balaban J connectivity index is 1.99. The smallest absolute Gasteiger partial charge is 0.119 e. The van der Waals surface area contributed by atoms with Crippen LogP contribution in [0.1, 0.15) is 5.56 Å². The molecular weight excluding hydrogens is 334 g/mol. The number of nitrogens with one attached hydrogen (secondary N) is 1. The number of hydrogen-bond acceptors (Lipinski definition) is 2. The number of hydrogen-bond donors (Lipinski definition) is 1. The van der Waals surface area contributed by atoms with Gasteiger partial charge < -0.3 is 9.72 Å². The lowest BCUT2D eigenvalue weighted by Gasteiger charge is -2.16. The number of H-pyrrole nitrogens is 1. The zero-order valence-corrected chi connectivity index (χ0v) is 13.3. The molecule has 1 aromatic heterocycles. The lowest BCUT2D eigenvalue weighted by molar-refractivity contribution is 0.415. The zero-order chi connectivity index (χ0) is 13.7. The minimum atomic E-state index is 0.908. The Hall–Kier alpha value is -1.39. The number of aromatic nitrogens is 1. The Morgan fingerprint density at radius 1 is 1.20 bits per heavy atom. The summed E-state index contributed by atoms with van der Waals surface area (Å²) in [6, 6.07) is 12.7. The van der Waals surface area contributed by atoms with Crippen LogP contribution < -0.4 is 4.74 Å². The third kappa shape index (κ3) is 1.79. The van der Waals surface area contributed by atoms with Crippen LogP contribution in [0.5, 0.6) is 5.75 Å². The number of thioether (sulfide) groups is 1.